The number of anilines is 2. The first-order chi connectivity index (χ1) is 9.04. The van der Waals surface area contributed by atoms with Crippen molar-refractivity contribution in [3.8, 4) is 0 Å². The van der Waals surface area contributed by atoms with Crippen molar-refractivity contribution in [3.63, 3.8) is 0 Å². The molecule has 0 fully saturated rings. The molecule has 0 radical (unpaired) electrons. The summed E-state index contributed by atoms with van der Waals surface area (Å²) in [6, 6.07) is 8.71. The largest absolute Gasteiger partial charge is 0.356 e. The van der Waals surface area contributed by atoms with Gasteiger partial charge in [0.05, 0.1) is 5.56 Å². The highest BCUT2D eigenvalue weighted by Gasteiger charge is 2.06. The van der Waals surface area contributed by atoms with E-state index >= 15 is 0 Å². The second-order valence-corrected chi connectivity index (χ2v) is 4.28. The quantitative estimate of drug-likeness (QED) is 0.885. The molecular formula is C14H15N3O2. The molecule has 0 aliphatic carbocycles. The van der Waals surface area contributed by atoms with Gasteiger partial charge in [0.2, 0.25) is 5.91 Å². The van der Waals surface area contributed by atoms with Crippen molar-refractivity contribution in [1.82, 2.24) is 4.57 Å². The van der Waals surface area contributed by atoms with Gasteiger partial charge in [0.25, 0.3) is 5.91 Å². The van der Waals surface area contributed by atoms with E-state index < -0.39 is 0 Å². The molecule has 1 heterocycles. The van der Waals surface area contributed by atoms with E-state index in [1.807, 2.05) is 17.8 Å². The Bertz CT molecular complexity index is 599. The van der Waals surface area contributed by atoms with E-state index in [1.165, 1.54) is 6.92 Å². The fourth-order valence-electron chi connectivity index (χ4n) is 1.68. The average molecular weight is 257 g/mol. The number of benzene rings is 1. The normalized spacial score (nSPS) is 10.0. The molecule has 0 aliphatic heterocycles. The van der Waals surface area contributed by atoms with Gasteiger partial charge in [-0.15, -0.1) is 0 Å². The molecule has 1 aromatic heterocycles. The zero-order valence-corrected chi connectivity index (χ0v) is 10.8. The van der Waals surface area contributed by atoms with Gasteiger partial charge in [0, 0.05) is 37.7 Å². The van der Waals surface area contributed by atoms with Crippen LogP contribution in [-0.2, 0) is 11.8 Å². The van der Waals surface area contributed by atoms with Gasteiger partial charge in [-0.3, -0.25) is 9.59 Å². The molecule has 5 nitrogen and oxygen atoms in total. The number of amides is 2. The molecule has 19 heavy (non-hydrogen) atoms. The molecule has 0 atom stereocenters. The van der Waals surface area contributed by atoms with Gasteiger partial charge in [0.1, 0.15) is 0 Å². The summed E-state index contributed by atoms with van der Waals surface area (Å²) in [5.41, 5.74) is 1.99. The number of aromatic nitrogens is 1. The van der Waals surface area contributed by atoms with Gasteiger partial charge in [0.15, 0.2) is 0 Å². The monoisotopic (exact) mass is 257 g/mol. The molecule has 0 saturated carbocycles. The first kappa shape index (κ1) is 12.9. The number of carbonyl (C=O) groups is 2. The first-order valence-corrected chi connectivity index (χ1v) is 5.85. The molecule has 5 heteroatoms. The first-order valence-electron chi connectivity index (χ1n) is 5.85. The minimum atomic E-state index is -0.159. The van der Waals surface area contributed by atoms with Gasteiger partial charge >= 0.3 is 0 Å². The lowest BCUT2D eigenvalue weighted by Crippen LogP contribution is -2.11. The Morgan fingerprint density at radius 2 is 1.58 bits per heavy atom. The molecule has 0 bridgehead atoms. The maximum absolute atomic E-state index is 11.9. The third kappa shape index (κ3) is 3.45. The van der Waals surface area contributed by atoms with Crippen LogP contribution >= 0.6 is 0 Å². The second kappa shape index (κ2) is 5.39. The van der Waals surface area contributed by atoms with Crippen molar-refractivity contribution in [3.05, 3.63) is 48.3 Å². The lowest BCUT2D eigenvalue weighted by molar-refractivity contribution is -0.114. The lowest BCUT2D eigenvalue weighted by atomic mass is 10.2. The second-order valence-electron chi connectivity index (χ2n) is 4.28. The van der Waals surface area contributed by atoms with E-state index in [9.17, 15) is 9.59 Å². The molecule has 2 N–H and O–H groups in total. The van der Waals surface area contributed by atoms with Crippen LogP contribution in [0.25, 0.3) is 0 Å². The van der Waals surface area contributed by atoms with E-state index in [0.29, 0.717) is 16.9 Å². The van der Waals surface area contributed by atoms with Crippen LogP contribution in [0.5, 0.6) is 0 Å². The molecule has 1 aromatic carbocycles. The Balaban J connectivity index is 2.03. The topological polar surface area (TPSA) is 63.1 Å². The molecule has 2 rings (SSSR count). The molecule has 2 amide bonds. The van der Waals surface area contributed by atoms with Crippen molar-refractivity contribution in [2.45, 2.75) is 6.92 Å². The number of rotatable bonds is 3. The van der Waals surface area contributed by atoms with Crippen molar-refractivity contribution in [2.75, 3.05) is 10.6 Å². The Morgan fingerprint density at radius 1 is 1.00 bits per heavy atom. The number of hydrogen-bond donors (Lipinski definition) is 2. The van der Waals surface area contributed by atoms with Crippen LogP contribution in [0.2, 0.25) is 0 Å². The van der Waals surface area contributed by atoms with Crippen LogP contribution < -0.4 is 10.6 Å². The summed E-state index contributed by atoms with van der Waals surface area (Å²) >= 11 is 0. The van der Waals surface area contributed by atoms with Gasteiger partial charge in [-0.05, 0) is 30.3 Å². The lowest BCUT2D eigenvalue weighted by Gasteiger charge is -2.06. The van der Waals surface area contributed by atoms with Crippen LogP contribution in [0, 0.1) is 0 Å². The van der Waals surface area contributed by atoms with E-state index in [-0.39, 0.29) is 11.8 Å². The smallest absolute Gasteiger partial charge is 0.257 e. The third-order valence-corrected chi connectivity index (χ3v) is 2.56. The van der Waals surface area contributed by atoms with Crippen LogP contribution in [0.4, 0.5) is 11.4 Å². The van der Waals surface area contributed by atoms with E-state index in [0.717, 1.165) is 0 Å². The van der Waals surface area contributed by atoms with Crippen molar-refractivity contribution < 1.29 is 9.59 Å². The third-order valence-electron chi connectivity index (χ3n) is 2.56. The summed E-state index contributed by atoms with van der Waals surface area (Å²) in [7, 11) is 1.86. The Kier molecular flexibility index (Phi) is 3.66. The predicted molar refractivity (Wildman–Crippen MR) is 74.1 cm³/mol. The fraction of sp³-hybridized carbons (Fsp3) is 0.143. The molecule has 98 valence electrons. The molecule has 2 aromatic rings. The minimum Gasteiger partial charge on any atom is -0.356 e. The summed E-state index contributed by atoms with van der Waals surface area (Å²) < 4.78 is 1.81. The molecule has 0 saturated heterocycles. The fourth-order valence-corrected chi connectivity index (χ4v) is 1.68. The maximum atomic E-state index is 11.9. The van der Waals surface area contributed by atoms with Crippen LogP contribution in [0.1, 0.15) is 17.3 Å². The van der Waals surface area contributed by atoms with Gasteiger partial charge in [-0.1, -0.05) is 0 Å². The summed E-state index contributed by atoms with van der Waals surface area (Å²) in [5.74, 6) is -0.283. The number of hydrogen-bond acceptors (Lipinski definition) is 2. The average Bonchev–Trinajstić information content (AvgIpc) is 2.78. The zero-order valence-electron chi connectivity index (χ0n) is 10.8. The summed E-state index contributed by atoms with van der Waals surface area (Å²) in [5, 5.41) is 5.45. The zero-order chi connectivity index (χ0) is 13.8. The minimum absolute atomic E-state index is 0.124. The van der Waals surface area contributed by atoms with Crippen LogP contribution in [0.15, 0.2) is 42.7 Å². The Hall–Kier alpha value is -2.56. The van der Waals surface area contributed by atoms with Gasteiger partial charge < -0.3 is 15.2 Å². The number of nitrogens with one attached hydrogen (secondary N) is 2. The van der Waals surface area contributed by atoms with E-state index in [4.69, 9.17) is 0 Å². The maximum Gasteiger partial charge on any atom is 0.257 e. The SMILES string of the molecule is CC(=O)Nc1ccc(NC(=O)c2ccn(C)c2)cc1. The highest BCUT2D eigenvalue weighted by atomic mass is 16.2. The van der Waals surface area contributed by atoms with E-state index in [1.54, 1.807) is 36.5 Å². The number of aryl methyl sites for hydroxylation is 1. The standard InChI is InChI=1S/C14H15N3O2/c1-10(18)15-12-3-5-13(6-4-12)16-14(19)11-7-8-17(2)9-11/h3-9H,1-2H3,(H,15,18)(H,16,19). The Labute approximate surface area is 111 Å². The van der Waals surface area contributed by atoms with Gasteiger partial charge in [-0.2, -0.15) is 0 Å². The molecule has 0 unspecified atom stereocenters. The molecular weight excluding hydrogens is 242 g/mol. The van der Waals surface area contributed by atoms with Crippen molar-refractivity contribution in [1.29, 1.82) is 0 Å². The van der Waals surface area contributed by atoms with Crippen LogP contribution in [-0.4, -0.2) is 16.4 Å². The predicted octanol–water partition coefficient (Wildman–Crippen LogP) is 2.24. The van der Waals surface area contributed by atoms with Gasteiger partial charge in [-0.25, -0.2) is 0 Å². The highest BCUT2D eigenvalue weighted by molar-refractivity contribution is 6.04. The molecule has 0 aliphatic rings. The van der Waals surface area contributed by atoms with Crippen molar-refractivity contribution >= 4 is 23.2 Å². The number of nitrogens with zero attached hydrogens (tertiary/aromatic N) is 1. The summed E-state index contributed by atoms with van der Waals surface area (Å²) in [6.07, 6.45) is 3.57. The Morgan fingerprint density at radius 3 is 2.05 bits per heavy atom. The van der Waals surface area contributed by atoms with E-state index in [2.05, 4.69) is 10.6 Å². The van der Waals surface area contributed by atoms with Crippen LogP contribution in [0.3, 0.4) is 0 Å². The molecule has 0 spiro atoms. The highest BCUT2D eigenvalue weighted by Crippen LogP contribution is 2.14. The summed E-state index contributed by atoms with van der Waals surface area (Å²) in [4.78, 5) is 22.8. The van der Waals surface area contributed by atoms with Crippen molar-refractivity contribution in [2.24, 2.45) is 7.05 Å². The number of carbonyl (C=O) groups excluding carboxylic acids is 2. The summed E-state index contributed by atoms with van der Waals surface area (Å²) in [6.45, 7) is 1.45.